The molecule has 26 heavy (non-hydrogen) atoms. The Hall–Kier alpha value is -3.21. The predicted molar refractivity (Wildman–Crippen MR) is 103 cm³/mol. The van der Waals surface area contributed by atoms with Crippen molar-refractivity contribution in [1.82, 2.24) is 15.1 Å². The summed E-state index contributed by atoms with van der Waals surface area (Å²) in [6.07, 6.45) is 0. The number of fused-ring (bicyclic) bond motifs is 1. The van der Waals surface area contributed by atoms with Gasteiger partial charge in [-0.25, -0.2) is 4.98 Å². The Balaban J connectivity index is 1.78. The van der Waals surface area contributed by atoms with Crippen molar-refractivity contribution in [3.8, 4) is 11.4 Å². The van der Waals surface area contributed by atoms with Gasteiger partial charge >= 0.3 is 0 Å². The van der Waals surface area contributed by atoms with Gasteiger partial charge in [-0.2, -0.15) is 4.98 Å². The molecule has 4 aromatic rings. The molecule has 1 N–H and O–H groups in total. The average Bonchev–Trinajstić information content (AvgIpc) is 3.06. The molecular weight excluding hydrogens is 324 g/mol. The van der Waals surface area contributed by atoms with Crippen LogP contribution in [-0.4, -0.2) is 15.1 Å². The minimum atomic E-state index is 0.536. The van der Waals surface area contributed by atoms with Gasteiger partial charge in [0.05, 0.1) is 11.1 Å². The van der Waals surface area contributed by atoms with Crippen molar-refractivity contribution in [3.05, 3.63) is 71.1 Å². The highest BCUT2D eigenvalue weighted by Crippen LogP contribution is 2.29. The van der Waals surface area contributed by atoms with Crippen LogP contribution in [0.3, 0.4) is 0 Å². The third-order valence-corrected chi connectivity index (χ3v) is 4.45. The van der Waals surface area contributed by atoms with Gasteiger partial charge in [0, 0.05) is 18.9 Å². The first kappa shape index (κ1) is 16.3. The molecule has 0 aliphatic carbocycles. The second kappa shape index (κ2) is 6.59. The van der Waals surface area contributed by atoms with Gasteiger partial charge < -0.3 is 9.84 Å². The maximum absolute atomic E-state index is 5.17. The largest absolute Gasteiger partial charge is 0.365 e. The molecule has 0 saturated carbocycles. The third-order valence-electron chi connectivity index (χ3n) is 4.45. The van der Waals surface area contributed by atoms with E-state index in [0.29, 0.717) is 18.3 Å². The summed E-state index contributed by atoms with van der Waals surface area (Å²) in [7, 11) is 0. The number of hydrogen-bond acceptors (Lipinski definition) is 5. The molecule has 0 spiro atoms. The molecule has 4 rings (SSSR count). The normalized spacial score (nSPS) is 11.0. The third kappa shape index (κ3) is 3.16. The molecule has 130 valence electrons. The lowest BCUT2D eigenvalue weighted by Gasteiger charge is -2.12. The summed E-state index contributed by atoms with van der Waals surface area (Å²) in [5, 5.41) is 8.58. The van der Waals surface area contributed by atoms with Crippen molar-refractivity contribution in [2.75, 3.05) is 5.32 Å². The summed E-state index contributed by atoms with van der Waals surface area (Å²) in [5.41, 5.74) is 5.44. The molecule has 0 saturated heterocycles. The van der Waals surface area contributed by atoms with Crippen LogP contribution in [-0.2, 0) is 6.54 Å². The number of rotatable bonds is 4. The van der Waals surface area contributed by atoms with Crippen molar-refractivity contribution < 1.29 is 4.52 Å². The van der Waals surface area contributed by atoms with Crippen molar-refractivity contribution in [2.24, 2.45) is 0 Å². The van der Waals surface area contributed by atoms with E-state index >= 15 is 0 Å². The Morgan fingerprint density at radius 1 is 0.962 bits per heavy atom. The maximum Gasteiger partial charge on any atom is 0.223 e. The van der Waals surface area contributed by atoms with Gasteiger partial charge in [0.25, 0.3) is 0 Å². The summed E-state index contributed by atoms with van der Waals surface area (Å²) in [5.74, 6) is 1.84. The van der Waals surface area contributed by atoms with E-state index in [0.717, 1.165) is 22.3 Å². The molecule has 0 unspecified atom stereocenters. The van der Waals surface area contributed by atoms with Gasteiger partial charge in [-0.15, -0.1) is 0 Å². The highest BCUT2D eigenvalue weighted by molar-refractivity contribution is 5.88. The number of anilines is 1. The Labute approximate surface area is 152 Å². The molecule has 5 heteroatoms. The molecule has 5 nitrogen and oxygen atoms in total. The lowest BCUT2D eigenvalue weighted by molar-refractivity contribution is 0.394. The number of nitrogens with one attached hydrogen (secondary N) is 1. The summed E-state index contributed by atoms with van der Waals surface area (Å²) >= 11 is 0. The molecule has 0 atom stereocenters. The first-order valence-corrected chi connectivity index (χ1v) is 8.60. The van der Waals surface area contributed by atoms with E-state index in [4.69, 9.17) is 9.51 Å². The second-order valence-electron chi connectivity index (χ2n) is 6.50. The minimum Gasteiger partial charge on any atom is -0.365 e. The maximum atomic E-state index is 5.17. The smallest absolute Gasteiger partial charge is 0.223 e. The van der Waals surface area contributed by atoms with E-state index in [2.05, 4.69) is 65.7 Å². The van der Waals surface area contributed by atoms with Gasteiger partial charge in [0.1, 0.15) is 5.82 Å². The summed E-state index contributed by atoms with van der Waals surface area (Å²) in [4.78, 5) is 9.21. The lowest BCUT2D eigenvalue weighted by atomic mass is 10.1. The van der Waals surface area contributed by atoms with Crippen LogP contribution in [0.15, 0.2) is 53.1 Å². The molecular formula is C21H20N4O. The minimum absolute atomic E-state index is 0.536. The van der Waals surface area contributed by atoms with Crippen molar-refractivity contribution in [3.63, 3.8) is 0 Å². The van der Waals surface area contributed by atoms with Crippen molar-refractivity contribution in [2.45, 2.75) is 27.3 Å². The number of benzene rings is 2. The molecule has 0 radical (unpaired) electrons. The highest BCUT2D eigenvalue weighted by Gasteiger charge is 2.14. The Morgan fingerprint density at radius 2 is 1.81 bits per heavy atom. The molecule has 0 aliphatic rings. The SMILES string of the molecule is Cc1ccc2cc(-c3noc(C)n3)c(NCc3ccccc3C)nc2c1. The van der Waals surface area contributed by atoms with Crippen LogP contribution in [0.4, 0.5) is 5.82 Å². The Kier molecular flexibility index (Phi) is 4.13. The van der Waals surface area contributed by atoms with Gasteiger partial charge in [-0.1, -0.05) is 41.6 Å². The van der Waals surface area contributed by atoms with E-state index in [9.17, 15) is 0 Å². The summed E-state index contributed by atoms with van der Waals surface area (Å²) in [6.45, 7) is 6.64. The molecule has 2 aromatic heterocycles. The van der Waals surface area contributed by atoms with Gasteiger partial charge in [-0.05, 0) is 42.7 Å². The van der Waals surface area contributed by atoms with Gasteiger partial charge in [-0.3, -0.25) is 0 Å². The molecule has 0 amide bonds. The monoisotopic (exact) mass is 344 g/mol. The van der Waals surface area contributed by atoms with Crippen molar-refractivity contribution in [1.29, 1.82) is 0 Å². The molecule has 0 bridgehead atoms. The summed E-state index contributed by atoms with van der Waals surface area (Å²) < 4.78 is 5.17. The fourth-order valence-corrected chi connectivity index (χ4v) is 2.98. The van der Waals surface area contributed by atoms with Crippen LogP contribution >= 0.6 is 0 Å². The van der Waals surface area contributed by atoms with E-state index in [1.807, 2.05) is 12.1 Å². The molecule has 0 aliphatic heterocycles. The van der Waals surface area contributed by atoms with Gasteiger partial charge in [0.2, 0.25) is 11.7 Å². The zero-order chi connectivity index (χ0) is 18.1. The lowest BCUT2D eigenvalue weighted by Crippen LogP contribution is -2.05. The van der Waals surface area contributed by atoms with Crippen LogP contribution < -0.4 is 5.32 Å². The summed E-state index contributed by atoms with van der Waals surface area (Å²) in [6, 6.07) is 16.6. The number of nitrogens with zero attached hydrogens (tertiary/aromatic N) is 3. The number of aryl methyl sites for hydroxylation is 3. The fourth-order valence-electron chi connectivity index (χ4n) is 2.98. The second-order valence-corrected chi connectivity index (χ2v) is 6.50. The van der Waals surface area contributed by atoms with E-state index < -0.39 is 0 Å². The van der Waals surface area contributed by atoms with Crippen LogP contribution in [0, 0.1) is 20.8 Å². The van der Waals surface area contributed by atoms with Crippen LogP contribution in [0.2, 0.25) is 0 Å². The quantitative estimate of drug-likeness (QED) is 0.575. The predicted octanol–water partition coefficient (Wildman–Crippen LogP) is 4.82. The van der Waals surface area contributed by atoms with Crippen molar-refractivity contribution >= 4 is 16.7 Å². The van der Waals surface area contributed by atoms with Gasteiger partial charge in [0.15, 0.2) is 0 Å². The van der Waals surface area contributed by atoms with Crippen LogP contribution in [0.1, 0.15) is 22.6 Å². The molecule has 2 heterocycles. The van der Waals surface area contributed by atoms with E-state index in [1.165, 1.54) is 16.7 Å². The average molecular weight is 344 g/mol. The van der Waals surface area contributed by atoms with E-state index in [1.54, 1.807) is 6.92 Å². The number of hydrogen-bond donors (Lipinski definition) is 1. The van der Waals surface area contributed by atoms with Crippen LogP contribution in [0.25, 0.3) is 22.3 Å². The first-order valence-electron chi connectivity index (χ1n) is 8.60. The fraction of sp³-hybridized carbons (Fsp3) is 0.190. The topological polar surface area (TPSA) is 63.8 Å². The zero-order valence-corrected chi connectivity index (χ0v) is 15.1. The van der Waals surface area contributed by atoms with E-state index in [-0.39, 0.29) is 0 Å². The number of aromatic nitrogens is 3. The first-order chi connectivity index (χ1) is 12.6. The zero-order valence-electron chi connectivity index (χ0n) is 15.1. The standard InChI is InChI=1S/C21H20N4O/c1-13-8-9-16-11-18(21-23-15(3)26-25-21)20(24-19(16)10-13)22-12-17-7-5-4-6-14(17)2/h4-11H,12H2,1-3H3,(H,22,24). The Bertz CT molecular complexity index is 1080. The Morgan fingerprint density at radius 3 is 2.58 bits per heavy atom. The molecule has 2 aromatic carbocycles. The van der Waals surface area contributed by atoms with Crippen LogP contribution in [0.5, 0.6) is 0 Å². The highest BCUT2D eigenvalue weighted by atomic mass is 16.5. The number of pyridine rings is 1. The molecule has 0 fully saturated rings.